The van der Waals surface area contributed by atoms with Crippen molar-refractivity contribution in [1.82, 2.24) is 25.5 Å². The summed E-state index contributed by atoms with van der Waals surface area (Å²) in [6.07, 6.45) is 0. The highest BCUT2D eigenvalue weighted by molar-refractivity contribution is 8.00. The van der Waals surface area contributed by atoms with Gasteiger partial charge in [-0.1, -0.05) is 35.5 Å². The second kappa shape index (κ2) is 8.12. The minimum atomic E-state index is -0.362. The summed E-state index contributed by atoms with van der Waals surface area (Å²) in [5, 5.41) is 15.1. The van der Waals surface area contributed by atoms with E-state index in [0.717, 1.165) is 22.6 Å². The van der Waals surface area contributed by atoms with Crippen molar-refractivity contribution in [3.05, 3.63) is 53.1 Å². The Bertz CT molecular complexity index is 1050. The Morgan fingerprint density at radius 2 is 2.03 bits per heavy atom. The predicted octanol–water partition coefficient (Wildman–Crippen LogP) is 2.80. The molecule has 1 unspecified atom stereocenters. The fourth-order valence-corrected chi connectivity index (χ4v) is 3.87. The van der Waals surface area contributed by atoms with Crippen molar-refractivity contribution in [1.29, 1.82) is 0 Å². The second-order valence-electron chi connectivity index (χ2n) is 6.83. The molecule has 2 aromatic carbocycles. The predicted molar refractivity (Wildman–Crippen MR) is 108 cm³/mol. The van der Waals surface area contributed by atoms with Crippen molar-refractivity contribution in [3.63, 3.8) is 0 Å². The quantitative estimate of drug-likeness (QED) is 0.624. The molecular weight excluding hydrogens is 390 g/mol. The zero-order valence-electron chi connectivity index (χ0n) is 16.4. The van der Waals surface area contributed by atoms with Gasteiger partial charge in [-0.15, -0.1) is 5.10 Å². The lowest BCUT2D eigenvalue weighted by Crippen LogP contribution is -2.30. The Balaban J connectivity index is 1.40. The van der Waals surface area contributed by atoms with Crippen LogP contribution in [-0.2, 0) is 11.3 Å². The lowest BCUT2D eigenvalue weighted by Gasteiger charge is -2.13. The Labute approximate surface area is 172 Å². The van der Waals surface area contributed by atoms with Gasteiger partial charge >= 0.3 is 0 Å². The van der Waals surface area contributed by atoms with E-state index in [-0.39, 0.29) is 18.0 Å². The molecule has 150 valence electrons. The third kappa shape index (κ3) is 4.19. The van der Waals surface area contributed by atoms with Crippen LogP contribution in [-0.4, -0.2) is 38.2 Å². The van der Waals surface area contributed by atoms with Crippen LogP contribution in [0.2, 0.25) is 0 Å². The van der Waals surface area contributed by atoms with Crippen LogP contribution in [0.4, 0.5) is 0 Å². The normalized spacial score (nSPS) is 13.3. The number of aryl methyl sites for hydroxylation is 2. The minimum Gasteiger partial charge on any atom is -0.454 e. The smallest absolute Gasteiger partial charge is 0.233 e. The Kier molecular flexibility index (Phi) is 5.39. The molecule has 1 amide bonds. The highest BCUT2D eigenvalue weighted by Crippen LogP contribution is 2.32. The van der Waals surface area contributed by atoms with E-state index in [4.69, 9.17) is 9.47 Å². The number of benzene rings is 2. The Morgan fingerprint density at radius 1 is 1.21 bits per heavy atom. The van der Waals surface area contributed by atoms with Crippen LogP contribution >= 0.6 is 11.8 Å². The Morgan fingerprint density at radius 3 is 2.86 bits per heavy atom. The van der Waals surface area contributed by atoms with Crippen LogP contribution in [0.3, 0.4) is 0 Å². The maximum absolute atomic E-state index is 12.6. The summed E-state index contributed by atoms with van der Waals surface area (Å²) in [6.45, 7) is 6.52. The lowest BCUT2D eigenvalue weighted by molar-refractivity contribution is -0.120. The molecule has 0 radical (unpaired) electrons. The summed E-state index contributed by atoms with van der Waals surface area (Å²) >= 11 is 1.32. The average molecular weight is 411 g/mol. The molecule has 1 aliphatic rings. The van der Waals surface area contributed by atoms with Gasteiger partial charge in [0.15, 0.2) is 11.5 Å². The van der Waals surface area contributed by atoms with E-state index in [1.54, 1.807) is 4.68 Å². The first kappa shape index (κ1) is 19.3. The molecule has 1 atom stereocenters. The lowest BCUT2D eigenvalue weighted by atomic mass is 10.1. The maximum Gasteiger partial charge on any atom is 0.233 e. The zero-order chi connectivity index (χ0) is 20.4. The summed E-state index contributed by atoms with van der Waals surface area (Å²) in [6, 6.07) is 11.7. The number of aromatic nitrogens is 4. The maximum atomic E-state index is 12.6. The monoisotopic (exact) mass is 411 g/mol. The number of fused-ring (bicyclic) bond motifs is 1. The molecule has 0 saturated heterocycles. The van der Waals surface area contributed by atoms with Crippen molar-refractivity contribution in [2.75, 3.05) is 6.79 Å². The zero-order valence-corrected chi connectivity index (χ0v) is 17.2. The number of carbonyl (C=O) groups is 1. The number of nitrogens with one attached hydrogen (secondary N) is 1. The largest absolute Gasteiger partial charge is 0.454 e. The van der Waals surface area contributed by atoms with Crippen LogP contribution in [0.1, 0.15) is 23.6 Å². The first-order valence-electron chi connectivity index (χ1n) is 9.20. The highest BCUT2D eigenvalue weighted by Gasteiger charge is 2.20. The van der Waals surface area contributed by atoms with E-state index >= 15 is 0 Å². The van der Waals surface area contributed by atoms with Crippen LogP contribution < -0.4 is 14.8 Å². The molecule has 1 aliphatic heterocycles. The number of amides is 1. The van der Waals surface area contributed by atoms with E-state index in [1.165, 1.54) is 17.3 Å². The molecule has 8 nitrogen and oxygen atoms in total. The first-order chi connectivity index (χ1) is 14.0. The molecule has 2 heterocycles. The summed E-state index contributed by atoms with van der Waals surface area (Å²) in [4.78, 5) is 12.6. The minimum absolute atomic E-state index is 0.0946. The van der Waals surface area contributed by atoms with E-state index in [9.17, 15) is 4.79 Å². The second-order valence-corrected chi connectivity index (χ2v) is 8.14. The number of rotatable bonds is 6. The standard InChI is InChI=1S/C20H21N5O3S/c1-12-4-6-16(13(2)8-12)25-20(22-23-24-25)29-14(3)19(26)21-10-15-5-7-17-18(9-15)28-11-27-17/h4-9,14H,10-11H2,1-3H3,(H,21,26). The van der Waals surface area contributed by atoms with Gasteiger partial charge in [0.25, 0.3) is 0 Å². The van der Waals surface area contributed by atoms with Crippen molar-refractivity contribution in [3.8, 4) is 17.2 Å². The molecule has 4 rings (SSSR count). The van der Waals surface area contributed by atoms with Crippen molar-refractivity contribution in [2.45, 2.75) is 37.7 Å². The molecule has 0 aliphatic carbocycles. The number of carbonyl (C=O) groups excluding carboxylic acids is 1. The summed E-state index contributed by atoms with van der Waals surface area (Å²) in [5.41, 5.74) is 4.08. The number of hydrogen-bond donors (Lipinski definition) is 1. The van der Waals surface area contributed by atoms with Gasteiger partial charge in [-0.3, -0.25) is 4.79 Å². The van der Waals surface area contributed by atoms with E-state index < -0.39 is 0 Å². The molecule has 1 aromatic heterocycles. The van der Waals surface area contributed by atoms with E-state index in [2.05, 4.69) is 26.9 Å². The first-order valence-corrected chi connectivity index (χ1v) is 10.1. The highest BCUT2D eigenvalue weighted by atomic mass is 32.2. The molecule has 0 spiro atoms. The number of nitrogens with zero attached hydrogens (tertiary/aromatic N) is 4. The molecule has 0 saturated carbocycles. The molecule has 3 aromatic rings. The van der Waals surface area contributed by atoms with E-state index in [0.29, 0.717) is 17.5 Å². The van der Waals surface area contributed by atoms with Gasteiger partial charge < -0.3 is 14.8 Å². The summed E-state index contributed by atoms with van der Waals surface area (Å²) < 4.78 is 12.3. The fourth-order valence-electron chi connectivity index (χ4n) is 3.04. The van der Waals surface area contributed by atoms with Gasteiger partial charge in [0, 0.05) is 6.54 Å². The molecule has 0 bridgehead atoms. The summed E-state index contributed by atoms with van der Waals surface area (Å²) in [5.74, 6) is 1.33. The van der Waals surface area contributed by atoms with Gasteiger partial charge in [-0.05, 0) is 60.5 Å². The third-order valence-corrected chi connectivity index (χ3v) is 5.61. The van der Waals surface area contributed by atoms with Crippen LogP contribution in [0, 0.1) is 13.8 Å². The molecule has 1 N–H and O–H groups in total. The summed E-state index contributed by atoms with van der Waals surface area (Å²) in [7, 11) is 0. The van der Waals surface area contributed by atoms with Crippen molar-refractivity contribution in [2.24, 2.45) is 0 Å². The van der Waals surface area contributed by atoms with Gasteiger partial charge in [0.1, 0.15) is 0 Å². The van der Waals surface area contributed by atoms with Crippen molar-refractivity contribution < 1.29 is 14.3 Å². The average Bonchev–Trinajstić information content (AvgIpc) is 3.35. The van der Waals surface area contributed by atoms with Gasteiger partial charge in [-0.2, -0.15) is 4.68 Å². The SMILES string of the molecule is Cc1ccc(-n2nnnc2SC(C)C(=O)NCc2ccc3c(c2)OCO3)c(C)c1. The van der Waals surface area contributed by atoms with Crippen molar-refractivity contribution >= 4 is 17.7 Å². The van der Waals surface area contributed by atoms with E-state index in [1.807, 2.05) is 51.1 Å². The topological polar surface area (TPSA) is 91.2 Å². The van der Waals surface area contributed by atoms with Crippen LogP contribution in [0.5, 0.6) is 11.5 Å². The third-order valence-electron chi connectivity index (χ3n) is 4.58. The van der Waals surface area contributed by atoms with Gasteiger partial charge in [0.05, 0.1) is 10.9 Å². The van der Waals surface area contributed by atoms with Gasteiger partial charge in [0.2, 0.25) is 17.9 Å². The fraction of sp³-hybridized carbons (Fsp3) is 0.300. The van der Waals surface area contributed by atoms with Crippen LogP contribution in [0.15, 0.2) is 41.6 Å². The number of hydrogen-bond acceptors (Lipinski definition) is 7. The number of thioether (sulfide) groups is 1. The molecule has 0 fully saturated rings. The molecule has 29 heavy (non-hydrogen) atoms. The van der Waals surface area contributed by atoms with Crippen LogP contribution in [0.25, 0.3) is 5.69 Å². The molecule has 9 heteroatoms. The molecular formula is C20H21N5O3S. The number of tetrazole rings is 1. The Hall–Kier alpha value is -3.07. The number of ether oxygens (including phenoxy) is 2. The van der Waals surface area contributed by atoms with Gasteiger partial charge in [-0.25, -0.2) is 0 Å².